The first-order chi connectivity index (χ1) is 10.0. The maximum Gasteiger partial charge on any atom is 0.319 e. The number of carbonyl (C=O) groups is 1. The second kappa shape index (κ2) is 6.80. The van der Waals surface area contributed by atoms with Crippen molar-refractivity contribution in [1.82, 2.24) is 5.32 Å². The number of nitrogens with one attached hydrogen (secondary N) is 2. The Balaban J connectivity index is 2.00. The first-order valence-electron chi connectivity index (χ1n) is 6.84. The number of carbonyl (C=O) groups excluding carboxylic acids is 1. The van der Waals surface area contributed by atoms with Gasteiger partial charge in [0, 0.05) is 18.6 Å². The molecule has 2 atom stereocenters. The Bertz CT molecular complexity index is 525. The lowest BCUT2D eigenvalue weighted by molar-refractivity contribution is 0.156. The topological polar surface area (TPSA) is 61.4 Å². The van der Waals surface area contributed by atoms with Crippen molar-refractivity contribution >= 4 is 11.7 Å². The van der Waals surface area contributed by atoms with Gasteiger partial charge in [0.15, 0.2) is 17.5 Å². The smallest absolute Gasteiger partial charge is 0.319 e. The van der Waals surface area contributed by atoms with Crippen molar-refractivity contribution in [3.8, 4) is 0 Å². The molecule has 3 N–H and O–H groups in total. The predicted molar refractivity (Wildman–Crippen MR) is 71.3 cm³/mol. The monoisotopic (exact) mass is 302 g/mol. The minimum absolute atomic E-state index is 0.0372. The zero-order valence-corrected chi connectivity index (χ0v) is 11.3. The van der Waals surface area contributed by atoms with Crippen molar-refractivity contribution < 1.29 is 23.1 Å². The lowest BCUT2D eigenvalue weighted by atomic mass is 9.85. The molecule has 2 unspecified atom stereocenters. The maximum absolute atomic E-state index is 13.4. The average molecular weight is 302 g/mol. The van der Waals surface area contributed by atoms with Gasteiger partial charge in [-0.15, -0.1) is 0 Å². The summed E-state index contributed by atoms with van der Waals surface area (Å²) in [6.45, 7) is -0.0372. The molecule has 1 aromatic carbocycles. The molecule has 0 bridgehead atoms. The maximum atomic E-state index is 13.4. The van der Waals surface area contributed by atoms with E-state index in [0.717, 1.165) is 37.8 Å². The zero-order chi connectivity index (χ0) is 15.4. The van der Waals surface area contributed by atoms with Gasteiger partial charge in [-0.3, -0.25) is 0 Å². The van der Waals surface area contributed by atoms with Crippen LogP contribution < -0.4 is 10.6 Å². The van der Waals surface area contributed by atoms with Crippen molar-refractivity contribution in [2.45, 2.75) is 31.7 Å². The summed E-state index contributed by atoms with van der Waals surface area (Å²) in [6, 6.07) is 0.783. The third-order valence-electron chi connectivity index (χ3n) is 3.74. The summed E-state index contributed by atoms with van der Waals surface area (Å²) in [5.41, 5.74) is -0.428. The molecule has 0 radical (unpaired) electrons. The standard InChI is InChI=1S/C14H17F3N2O2/c15-9-5-6-11(13(17)12(9)16)19-14(21)18-10-4-2-1-3-8(10)7-20/h5-6,8,10,20H,1-4,7H2,(H2,18,19,21). The summed E-state index contributed by atoms with van der Waals surface area (Å²) in [5, 5.41) is 14.0. The van der Waals surface area contributed by atoms with Gasteiger partial charge in [0.2, 0.25) is 0 Å². The molecule has 1 aromatic rings. The summed E-state index contributed by atoms with van der Waals surface area (Å²) in [7, 11) is 0. The van der Waals surface area contributed by atoms with Gasteiger partial charge < -0.3 is 15.7 Å². The van der Waals surface area contributed by atoms with Crippen LogP contribution in [-0.4, -0.2) is 23.8 Å². The van der Waals surface area contributed by atoms with Gasteiger partial charge in [0.25, 0.3) is 0 Å². The minimum Gasteiger partial charge on any atom is -0.396 e. The quantitative estimate of drug-likeness (QED) is 0.752. The fourth-order valence-corrected chi connectivity index (χ4v) is 2.57. The number of rotatable bonds is 3. The van der Waals surface area contributed by atoms with E-state index in [4.69, 9.17) is 0 Å². The molecule has 1 saturated carbocycles. The molecule has 0 spiro atoms. The van der Waals surface area contributed by atoms with Crippen LogP contribution >= 0.6 is 0 Å². The molecule has 116 valence electrons. The number of benzene rings is 1. The molecule has 7 heteroatoms. The van der Waals surface area contributed by atoms with E-state index in [1.54, 1.807) is 0 Å². The van der Waals surface area contributed by atoms with Crippen LogP contribution in [0.5, 0.6) is 0 Å². The van der Waals surface area contributed by atoms with Crippen molar-refractivity contribution in [3.63, 3.8) is 0 Å². The van der Waals surface area contributed by atoms with Crippen molar-refractivity contribution in [2.75, 3.05) is 11.9 Å². The third-order valence-corrected chi connectivity index (χ3v) is 3.74. The van der Waals surface area contributed by atoms with Crippen LogP contribution in [0.3, 0.4) is 0 Å². The Hall–Kier alpha value is -1.76. The van der Waals surface area contributed by atoms with E-state index in [9.17, 15) is 23.1 Å². The van der Waals surface area contributed by atoms with Crippen molar-refractivity contribution in [1.29, 1.82) is 0 Å². The number of amides is 2. The second-order valence-corrected chi connectivity index (χ2v) is 5.15. The molecule has 0 heterocycles. The summed E-state index contributed by atoms with van der Waals surface area (Å²) in [6.07, 6.45) is 3.45. The number of aliphatic hydroxyl groups excluding tert-OH is 1. The van der Waals surface area contributed by atoms with Gasteiger partial charge in [-0.2, -0.15) is 0 Å². The first-order valence-corrected chi connectivity index (χ1v) is 6.84. The number of hydrogen-bond donors (Lipinski definition) is 3. The summed E-state index contributed by atoms with van der Waals surface area (Å²) < 4.78 is 39.3. The van der Waals surface area contributed by atoms with Crippen LogP contribution in [0.1, 0.15) is 25.7 Å². The molecule has 1 aliphatic carbocycles. The SMILES string of the molecule is O=C(Nc1ccc(F)c(F)c1F)NC1CCCCC1CO. The van der Waals surface area contributed by atoms with E-state index in [-0.39, 0.29) is 18.6 Å². The molecular formula is C14H17F3N2O2. The van der Waals surface area contributed by atoms with Gasteiger partial charge in [-0.1, -0.05) is 12.8 Å². The van der Waals surface area contributed by atoms with E-state index in [1.807, 2.05) is 0 Å². The van der Waals surface area contributed by atoms with E-state index >= 15 is 0 Å². The third kappa shape index (κ3) is 3.66. The largest absolute Gasteiger partial charge is 0.396 e. The number of halogens is 3. The van der Waals surface area contributed by atoms with E-state index in [1.165, 1.54) is 0 Å². The fraction of sp³-hybridized carbons (Fsp3) is 0.500. The Morgan fingerprint density at radius 1 is 1.19 bits per heavy atom. The van der Waals surface area contributed by atoms with E-state index in [0.29, 0.717) is 0 Å². The molecule has 1 aliphatic rings. The van der Waals surface area contributed by atoms with Crippen LogP contribution in [-0.2, 0) is 0 Å². The number of urea groups is 1. The van der Waals surface area contributed by atoms with E-state index < -0.39 is 29.2 Å². The molecule has 2 rings (SSSR count). The highest BCUT2D eigenvalue weighted by Gasteiger charge is 2.26. The molecule has 0 saturated heterocycles. The van der Waals surface area contributed by atoms with Crippen LogP contribution in [0.2, 0.25) is 0 Å². The summed E-state index contributed by atoms with van der Waals surface area (Å²) >= 11 is 0. The molecule has 2 amide bonds. The first kappa shape index (κ1) is 15.6. The van der Waals surface area contributed by atoms with Crippen LogP contribution in [0.15, 0.2) is 12.1 Å². The Morgan fingerprint density at radius 2 is 1.90 bits per heavy atom. The molecule has 0 aliphatic heterocycles. The highest BCUT2D eigenvalue weighted by molar-refractivity contribution is 5.89. The molecule has 21 heavy (non-hydrogen) atoms. The lowest BCUT2D eigenvalue weighted by Crippen LogP contribution is -2.45. The Morgan fingerprint density at radius 3 is 2.62 bits per heavy atom. The van der Waals surface area contributed by atoms with Gasteiger partial charge in [-0.05, 0) is 25.0 Å². The minimum atomic E-state index is -1.63. The van der Waals surface area contributed by atoms with Crippen LogP contribution in [0, 0.1) is 23.4 Å². The van der Waals surface area contributed by atoms with Crippen molar-refractivity contribution in [2.24, 2.45) is 5.92 Å². The number of hydrogen-bond acceptors (Lipinski definition) is 2. The highest BCUT2D eigenvalue weighted by Crippen LogP contribution is 2.24. The van der Waals surface area contributed by atoms with Gasteiger partial charge in [0.1, 0.15) is 0 Å². The molecule has 0 aromatic heterocycles. The van der Waals surface area contributed by atoms with Gasteiger partial charge >= 0.3 is 6.03 Å². The van der Waals surface area contributed by atoms with Crippen molar-refractivity contribution in [3.05, 3.63) is 29.6 Å². The highest BCUT2D eigenvalue weighted by atomic mass is 19.2. The second-order valence-electron chi connectivity index (χ2n) is 5.15. The molecular weight excluding hydrogens is 285 g/mol. The fourth-order valence-electron chi connectivity index (χ4n) is 2.57. The van der Waals surface area contributed by atoms with Crippen LogP contribution in [0.4, 0.5) is 23.7 Å². The molecule has 4 nitrogen and oxygen atoms in total. The summed E-state index contributed by atoms with van der Waals surface area (Å²) in [5.74, 6) is -4.42. The average Bonchev–Trinajstić information content (AvgIpc) is 2.48. The number of aliphatic hydroxyl groups is 1. The van der Waals surface area contributed by atoms with Gasteiger partial charge in [0.05, 0.1) is 5.69 Å². The number of anilines is 1. The zero-order valence-electron chi connectivity index (χ0n) is 11.3. The van der Waals surface area contributed by atoms with Gasteiger partial charge in [-0.25, -0.2) is 18.0 Å². The normalized spacial score (nSPS) is 21.9. The van der Waals surface area contributed by atoms with Crippen LogP contribution in [0.25, 0.3) is 0 Å². The predicted octanol–water partition coefficient (Wildman–Crippen LogP) is 2.78. The van der Waals surface area contributed by atoms with E-state index in [2.05, 4.69) is 10.6 Å². The lowest BCUT2D eigenvalue weighted by Gasteiger charge is -2.30. The Kier molecular flexibility index (Phi) is 5.06. The Labute approximate surface area is 120 Å². The molecule has 1 fully saturated rings. The summed E-state index contributed by atoms with van der Waals surface area (Å²) in [4.78, 5) is 11.8.